The van der Waals surface area contributed by atoms with Gasteiger partial charge in [-0.2, -0.15) is 4.31 Å². The summed E-state index contributed by atoms with van der Waals surface area (Å²) in [5, 5.41) is 1.27. The normalized spacial score (nSPS) is 14.8. The van der Waals surface area contributed by atoms with E-state index in [0.29, 0.717) is 42.1 Å². The van der Waals surface area contributed by atoms with Crippen molar-refractivity contribution >= 4 is 44.1 Å². The summed E-state index contributed by atoms with van der Waals surface area (Å²) >= 11 is 6.14. The number of carbonyl (C=O) groups is 1. The molecular formula is C23H25ClN4O4S. The third-order valence-electron chi connectivity index (χ3n) is 5.91. The molecule has 0 unspecified atom stereocenters. The molecule has 1 saturated heterocycles. The molecule has 1 N–H and O–H groups in total. The number of hydrogen-bond acceptors (Lipinski definition) is 5. The topological polar surface area (TPSA) is 93.8 Å². The number of nitrogens with one attached hydrogen (secondary N) is 1. The molecule has 1 aliphatic rings. The van der Waals surface area contributed by atoms with Crippen LogP contribution in [0.3, 0.4) is 0 Å². The Morgan fingerprint density at radius 2 is 1.79 bits per heavy atom. The number of aryl methyl sites for hydroxylation is 1. The number of sulfonamides is 1. The van der Waals surface area contributed by atoms with E-state index in [0.717, 1.165) is 15.6 Å². The Morgan fingerprint density at radius 3 is 2.52 bits per heavy atom. The van der Waals surface area contributed by atoms with Crippen LogP contribution in [0, 0.1) is 6.92 Å². The number of fused-ring (bicyclic) bond motifs is 1. The molecule has 2 aromatic carbocycles. The lowest BCUT2D eigenvalue weighted by Crippen LogP contribution is -2.51. The van der Waals surface area contributed by atoms with Gasteiger partial charge in [0.25, 0.3) is 0 Å². The van der Waals surface area contributed by atoms with Crippen LogP contribution in [0.1, 0.15) is 5.56 Å². The largest absolute Gasteiger partial charge is 0.368 e. The van der Waals surface area contributed by atoms with Crippen molar-refractivity contribution in [2.75, 3.05) is 44.7 Å². The van der Waals surface area contributed by atoms with Crippen LogP contribution in [0.5, 0.6) is 0 Å². The van der Waals surface area contributed by atoms with Crippen molar-refractivity contribution in [2.24, 2.45) is 0 Å². The van der Waals surface area contributed by atoms with E-state index in [1.54, 1.807) is 17.0 Å². The van der Waals surface area contributed by atoms with Gasteiger partial charge in [0.15, 0.2) is 0 Å². The summed E-state index contributed by atoms with van der Waals surface area (Å²) < 4.78 is 27.1. The number of pyridine rings is 1. The zero-order chi connectivity index (χ0) is 23.8. The number of amides is 1. The van der Waals surface area contributed by atoms with E-state index in [4.69, 9.17) is 11.6 Å². The van der Waals surface area contributed by atoms with Gasteiger partial charge in [-0.25, -0.2) is 8.42 Å². The smallest absolute Gasteiger partial charge is 0.248 e. The Hall–Kier alpha value is -2.88. The predicted molar refractivity (Wildman–Crippen MR) is 129 cm³/mol. The molecule has 8 nitrogen and oxygen atoms in total. The highest BCUT2D eigenvalue weighted by Gasteiger charge is 2.28. The van der Waals surface area contributed by atoms with E-state index in [1.807, 2.05) is 25.1 Å². The quantitative estimate of drug-likeness (QED) is 0.595. The number of halogens is 1. The number of carbonyl (C=O) groups excluding carboxylic acids is 1. The minimum Gasteiger partial charge on any atom is -0.368 e. The van der Waals surface area contributed by atoms with E-state index in [1.165, 1.54) is 25.2 Å². The van der Waals surface area contributed by atoms with Crippen LogP contribution < -0.4 is 10.5 Å². The summed E-state index contributed by atoms with van der Waals surface area (Å²) in [6.45, 7) is 4.07. The lowest BCUT2D eigenvalue weighted by atomic mass is 10.1. The van der Waals surface area contributed by atoms with E-state index >= 15 is 0 Å². The molecule has 3 aromatic rings. The molecule has 0 spiro atoms. The predicted octanol–water partition coefficient (Wildman–Crippen LogP) is 2.46. The van der Waals surface area contributed by atoms with Crippen LogP contribution in [0.15, 0.2) is 58.2 Å². The van der Waals surface area contributed by atoms with Gasteiger partial charge in [0.2, 0.25) is 21.5 Å². The fourth-order valence-corrected chi connectivity index (χ4v) is 5.29. The molecular weight excluding hydrogens is 464 g/mol. The molecule has 1 fully saturated rings. The van der Waals surface area contributed by atoms with Crippen molar-refractivity contribution < 1.29 is 13.2 Å². The first kappa shape index (κ1) is 23.3. The molecule has 0 atom stereocenters. The van der Waals surface area contributed by atoms with Gasteiger partial charge in [-0.1, -0.05) is 17.7 Å². The molecule has 1 aromatic heterocycles. The standard InChI is InChI=1S/C23H25ClN4O4S/c1-16-3-5-18(24)14-21(16)27-9-11-28(12-10-27)23(30)15-26(2)33(31,32)19-6-7-20-17(13-19)4-8-22(29)25-20/h3-8,13-14H,9-12,15H2,1-2H3,(H,25,29). The Kier molecular flexibility index (Phi) is 6.47. The molecule has 1 amide bonds. The number of anilines is 1. The van der Waals surface area contributed by atoms with Gasteiger partial charge < -0.3 is 14.8 Å². The Morgan fingerprint density at radius 1 is 1.06 bits per heavy atom. The Labute approximate surface area is 197 Å². The van der Waals surface area contributed by atoms with E-state index in [2.05, 4.69) is 9.88 Å². The first-order valence-corrected chi connectivity index (χ1v) is 12.4. The highest BCUT2D eigenvalue weighted by Crippen LogP contribution is 2.25. The lowest BCUT2D eigenvalue weighted by Gasteiger charge is -2.37. The number of aromatic nitrogens is 1. The van der Waals surface area contributed by atoms with Gasteiger partial charge in [0, 0.05) is 55.5 Å². The number of benzene rings is 2. The molecule has 10 heteroatoms. The number of nitrogens with zero attached hydrogens (tertiary/aromatic N) is 3. The van der Waals surface area contributed by atoms with E-state index in [9.17, 15) is 18.0 Å². The summed E-state index contributed by atoms with van der Waals surface area (Å²) in [5.41, 5.74) is 2.45. The van der Waals surface area contributed by atoms with Crippen LogP contribution in [0.4, 0.5) is 5.69 Å². The number of likely N-dealkylation sites (N-methyl/N-ethyl adjacent to an activating group) is 1. The average Bonchev–Trinajstić information content (AvgIpc) is 2.80. The van der Waals surface area contributed by atoms with Gasteiger partial charge in [0.05, 0.1) is 11.4 Å². The van der Waals surface area contributed by atoms with E-state index < -0.39 is 10.0 Å². The number of piperazine rings is 1. The molecule has 4 rings (SSSR count). The zero-order valence-corrected chi connectivity index (χ0v) is 20.0. The summed E-state index contributed by atoms with van der Waals surface area (Å²) in [6.07, 6.45) is 0. The van der Waals surface area contributed by atoms with Gasteiger partial charge >= 0.3 is 0 Å². The number of H-pyrrole nitrogens is 1. The highest BCUT2D eigenvalue weighted by atomic mass is 35.5. The average molecular weight is 489 g/mol. The van der Waals surface area contributed by atoms with E-state index in [-0.39, 0.29) is 22.9 Å². The maximum Gasteiger partial charge on any atom is 0.248 e. The first-order valence-electron chi connectivity index (χ1n) is 10.5. The summed E-state index contributed by atoms with van der Waals surface area (Å²) in [6, 6.07) is 13.1. The second-order valence-electron chi connectivity index (χ2n) is 8.13. The monoisotopic (exact) mass is 488 g/mol. The molecule has 174 valence electrons. The van der Waals surface area contributed by atoms with Crippen molar-refractivity contribution in [1.82, 2.24) is 14.2 Å². The van der Waals surface area contributed by atoms with Crippen molar-refractivity contribution in [3.63, 3.8) is 0 Å². The number of rotatable bonds is 5. The fourth-order valence-electron chi connectivity index (χ4n) is 3.97. The molecule has 0 bridgehead atoms. The minimum atomic E-state index is -3.87. The van der Waals surface area contributed by atoms with Crippen molar-refractivity contribution in [3.05, 3.63) is 69.5 Å². The molecule has 33 heavy (non-hydrogen) atoms. The van der Waals surface area contributed by atoms with Crippen LogP contribution in [-0.2, 0) is 14.8 Å². The molecule has 2 heterocycles. The van der Waals surface area contributed by atoms with Crippen molar-refractivity contribution in [1.29, 1.82) is 0 Å². The third kappa shape index (κ3) is 4.90. The molecule has 0 radical (unpaired) electrons. The third-order valence-corrected chi connectivity index (χ3v) is 7.94. The first-order chi connectivity index (χ1) is 15.6. The SMILES string of the molecule is Cc1ccc(Cl)cc1N1CCN(C(=O)CN(C)S(=O)(=O)c2ccc3[nH]c(=O)ccc3c2)CC1. The second kappa shape index (κ2) is 9.17. The zero-order valence-electron chi connectivity index (χ0n) is 18.4. The highest BCUT2D eigenvalue weighted by molar-refractivity contribution is 7.89. The number of aromatic amines is 1. The van der Waals surface area contributed by atoms with Crippen LogP contribution in [-0.4, -0.2) is 68.3 Å². The Balaban J connectivity index is 1.41. The minimum absolute atomic E-state index is 0.0681. The van der Waals surface area contributed by atoms with Gasteiger partial charge in [-0.3, -0.25) is 9.59 Å². The lowest BCUT2D eigenvalue weighted by molar-refractivity contribution is -0.131. The summed E-state index contributed by atoms with van der Waals surface area (Å²) in [7, 11) is -2.47. The summed E-state index contributed by atoms with van der Waals surface area (Å²) in [5.74, 6) is -0.242. The molecule has 0 aliphatic carbocycles. The van der Waals surface area contributed by atoms with Gasteiger partial charge in [0.1, 0.15) is 0 Å². The maximum absolute atomic E-state index is 13.0. The van der Waals surface area contributed by atoms with Gasteiger partial charge in [-0.15, -0.1) is 0 Å². The molecule has 0 saturated carbocycles. The Bertz CT molecular complexity index is 1360. The van der Waals surface area contributed by atoms with Crippen LogP contribution >= 0.6 is 11.6 Å². The summed E-state index contributed by atoms with van der Waals surface area (Å²) in [4.78, 5) is 30.9. The maximum atomic E-state index is 13.0. The van der Waals surface area contributed by atoms with Crippen molar-refractivity contribution in [2.45, 2.75) is 11.8 Å². The molecule has 1 aliphatic heterocycles. The van der Waals surface area contributed by atoms with Crippen molar-refractivity contribution in [3.8, 4) is 0 Å². The van der Waals surface area contributed by atoms with Gasteiger partial charge in [-0.05, 0) is 54.3 Å². The second-order valence-corrected chi connectivity index (χ2v) is 10.6. The fraction of sp³-hybridized carbons (Fsp3) is 0.304. The van der Waals surface area contributed by atoms with Crippen LogP contribution in [0.2, 0.25) is 5.02 Å². The van der Waals surface area contributed by atoms with Crippen LogP contribution in [0.25, 0.3) is 10.9 Å². The number of hydrogen-bond donors (Lipinski definition) is 1.